The van der Waals surface area contributed by atoms with E-state index in [1.165, 1.54) is 218 Å². The van der Waals surface area contributed by atoms with E-state index in [9.17, 15) is 30.3 Å². The van der Waals surface area contributed by atoms with Crippen molar-refractivity contribution in [3.05, 3.63) is 72.9 Å². The Labute approximate surface area is 499 Å². The number of carbonyl (C=O) groups is 1. The lowest BCUT2D eigenvalue weighted by molar-refractivity contribution is -0.302. The van der Waals surface area contributed by atoms with E-state index in [0.717, 1.165) is 83.5 Å². The number of rotatable bonds is 60. The Morgan fingerprint density at radius 3 is 1.14 bits per heavy atom. The Hall–Kier alpha value is -2.37. The summed E-state index contributed by atoms with van der Waals surface area (Å²) in [6.07, 6.45) is 78.6. The Morgan fingerprint density at radius 1 is 0.432 bits per heavy atom. The van der Waals surface area contributed by atoms with Gasteiger partial charge in [0.2, 0.25) is 5.91 Å². The number of hydrogen-bond donors (Lipinski definition) is 6. The van der Waals surface area contributed by atoms with Crippen molar-refractivity contribution in [3.8, 4) is 0 Å². The molecule has 1 saturated heterocycles. The molecule has 0 aromatic heterocycles. The zero-order chi connectivity index (χ0) is 58.6. The predicted molar refractivity (Wildman–Crippen MR) is 345 cm³/mol. The summed E-state index contributed by atoms with van der Waals surface area (Å²) in [4.78, 5) is 13.1. The molecule has 81 heavy (non-hydrogen) atoms. The summed E-state index contributed by atoms with van der Waals surface area (Å²) < 4.78 is 11.3. The van der Waals surface area contributed by atoms with E-state index in [0.29, 0.717) is 6.42 Å². The second kappa shape index (κ2) is 60.7. The van der Waals surface area contributed by atoms with E-state index in [1.54, 1.807) is 6.08 Å². The van der Waals surface area contributed by atoms with E-state index >= 15 is 0 Å². The molecule has 6 N–H and O–H groups in total. The first-order valence-corrected chi connectivity index (χ1v) is 34.7. The summed E-state index contributed by atoms with van der Waals surface area (Å²) >= 11 is 0. The largest absolute Gasteiger partial charge is 0.394 e. The molecule has 0 aromatic carbocycles. The highest BCUT2D eigenvalue weighted by Gasteiger charge is 2.44. The van der Waals surface area contributed by atoms with Crippen LogP contribution in [0.4, 0.5) is 0 Å². The third-order valence-corrected chi connectivity index (χ3v) is 16.3. The number of allylic oxidation sites excluding steroid dienone is 11. The molecule has 0 aromatic rings. The first-order chi connectivity index (χ1) is 39.8. The van der Waals surface area contributed by atoms with Crippen LogP contribution in [0.25, 0.3) is 0 Å². The Kier molecular flexibility index (Phi) is 57.5. The van der Waals surface area contributed by atoms with Crippen LogP contribution in [0.1, 0.15) is 322 Å². The number of aliphatic hydroxyl groups is 5. The highest BCUT2D eigenvalue weighted by Crippen LogP contribution is 2.23. The van der Waals surface area contributed by atoms with Crippen LogP contribution in [-0.4, -0.2) is 87.5 Å². The molecule has 9 nitrogen and oxygen atoms in total. The maximum Gasteiger partial charge on any atom is 0.220 e. The third-order valence-electron chi connectivity index (χ3n) is 16.3. The van der Waals surface area contributed by atoms with Crippen LogP contribution >= 0.6 is 0 Å². The number of hydrogen-bond acceptors (Lipinski definition) is 8. The lowest BCUT2D eigenvalue weighted by atomic mass is 9.99. The number of amides is 1. The van der Waals surface area contributed by atoms with Crippen molar-refractivity contribution in [1.82, 2.24) is 5.32 Å². The van der Waals surface area contributed by atoms with Crippen molar-refractivity contribution in [3.63, 3.8) is 0 Å². The van der Waals surface area contributed by atoms with Crippen molar-refractivity contribution in [2.24, 2.45) is 0 Å². The molecular formula is C72H131NO8. The smallest absolute Gasteiger partial charge is 0.220 e. The lowest BCUT2D eigenvalue weighted by Crippen LogP contribution is -2.60. The summed E-state index contributed by atoms with van der Waals surface area (Å²) in [6, 6.07) is -0.814. The molecule has 0 bridgehead atoms. The zero-order valence-corrected chi connectivity index (χ0v) is 52.8. The number of carbonyl (C=O) groups excluding carboxylic acids is 1. The van der Waals surface area contributed by atoms with Gasteiger partial charge in [-0.15, -0.1) is 0 Å². The third kappa shape index (κ3) is 49.6. The monoisotopic (exact) mass is 1140 g/mol. The molecule has 472 valence electrons. The van der Waals surface area contributed by atoms with Gasteiger partial charge < -0.3 is 40.3 Å². The maximum absolute atomic E-state index is 13.1. The van der Waals surface area contributed by atoms with Crippen molar-refractivity contribution < 1.29 is 39.8 Å². The first kappa shape index (κ1) is 76.6. The van der Waals surface area contributed by atoms with Crippen LogP contribution in [0.5, 0.6) is 0 Å². The average molecular weight is 1140 g/mol. The fourth-order valence-electron chi connectivity index (χ4n) is 10.9. The second-order valence-corrected chi connectivity index (χ2v) is 23.9. The average Bonchev–Trinajstić information content (AvgIpc) is 3.49. The van der Waals surface area contributed by atoms with E-state index in [2.05, 4.69) is 79.9 Å². The predicted octanol–water partition coefficient (Wildman–Crippen LogP) is 18.8. The van der Waals surface area contributed by atoms with E-state index in [4.69, 9.17) is 9.47 Å². The van der Waals surface area contributed by atoms with Crippen LogP contribution in [0.3, 0.4) is 0 Å². The molecule has 1 aliphatic rings. The summed E-state index contributed by atoms with van der Waals surface area (Å²) in [7, 11) is 0. The van der Waals surface area contributed by atoms with Gasteiger partial charge in [0, 0.05) is 6.42 Å². The molecule has 1 fully saturated rings. The van der Waals surface area contributed by atoms with Crippen molar-refractivity contribution in [2.45, 2.75) is 365 Å². The van der Waals surface area contributed by atoms with Gasteiger partial charge in [-0.2, -0.15) is 0 Å². The number of unbranched alkanes of at least 4 members (excludes halogenated alkanes) is 40. The van der Waals surface area contributed by atoms with Gasteiger partial charge in [-0.3, -0.25) is 4.79 Å². The van der Waals surface area contributed by atoms with Crippen LogP contribution in [0.2, 0.25) is 0 Å². The molecule has 1 heterocycles. The first-order valence-electron chi connectivity index (χ1n) is 34.7. The molecule has 0 spiro atoms. The number of ether oxygens (including phenoxy) is 2. The van der Waals surface area contributed by atoms with Gasteiger partial charge in [0.1, 0.15) is 24.4 Å². The minimum Gasteiger partial charge on any atom is -0.394 e. The quantitative estimate of drug-likeness (QED) is 0.0261. The minimum absolute atomic E-state index is 0.182. The highest BCUT2D eigenvalue weighted by atomic mass is 16.7. The lowest BCUT2D eigenvalue weighted by Gasteiger charge is -2.40. The molecule has 9 heteroatoms. The van der Waals surface area contributed by atoms with Gasteiger partial charge in [0.15, 0.2) is 6.29 Å². The normalized spacial score (nSPS) is 18.8. The molecule has 0 saturated carbocycles. The maximum atomic E-state index is 13.1. The van der Waals surface area contributed by atoms with Gasteiger partial charge >= 0.3 is 0 Å². The van der Waals surface area contributed by atoms with Crippen LogP contribution in [0, 0.1) is 0 Å². The van der Waals surface area contributed by atoms with Gasteiger partial charge in [-0.25, -0.2) is 0 Å². The summed E-state index contributed by atoms with van der Waals surface area (Å²) in [5.41, 5.74) is 0. The summed E-state index contributed by atoms with van der Waals surface area (Å²) in [6.45, 7) is 3.70. The Balaban J connectivity index is 2.14. The number of aliphatic hydroxyl groups excluding tert-OH is 5. The van der Waals surface area contributed by atoms with E-state index < -0.39 is 49.5 Å². The van der Waals surface area contributed by atoms with Gasteiger partial charge in [0.25, 0.3) is 0 Å². The van der Waals surface area contributed by atoms with Gasteiger partial charge in [-0.05, 0) is 64.2 Å². The molecule has 0 aliphatic carbocycles. The zero-order valence-electron chi connectivity index (χ0n) is 52.8. The van der Waals surface area contributed by atoms with Crippen molar-refractivity contribution in [1.29, 1.82) is 0 Å². The summed E-state index contributed by atoms with van der Waals surface area (Å²) in [5.74, 6) is -0.182. The van der Waals surface area contributed by atoms with Crippen LogP contribution in [0.15, 0.2) is 72.9 Å². The molecule has 1 aliphatic heterocycles. The summed E-state index contributed by atoms with van der Waals surface area (Å²) in [5, 5.41) is 54.8. The van der Waals surface area contributed by atoms with E-state index in [1.807, 2.05) is 6.08 Å². The van der Waals surface area contributed by atoms with Gasteiger partial charge in [0.05, 0.1) is 25.4 Å². The van der Waals surface area contributed by atoms with E-state index in [-0.39, 0.29) is 12.5 Å². The highest BCUT2D eigenvalue weighted by molar-refractivity contribution is 5.76. The van der Waals surface area contributed by atoms with Crippen LogP contribution in [-0.2, 0) is 14.3 Å². The molecule has 1 amide bonds. The Morgan fingerprint density at radius 2 is 0.765 bits per heavy atom. The van der Waals surface area contributed by atoms with Crippen LogP contribution < -0.4 is 5.32 Å². The molecule has 7 atom stereocenters. The second-order valence-electron chi connectivity index (χ2n) is 23.9. The van der Waals surface area contributed by atoms with Gasteiger partial charge in [-0.1, -0.05) is 324 Å². The number of nitrogens with one attached hydrogen (secondary N) is 1. The van der Waals surface area contributed by atoms with Crippen molar-refractivity contribution in [2.75, 3.05) is 13.2 Å². The SMILES string of the molecule is CC/C=C\C/C=C\C/C=C\C/C=C\C/C=C\CCCCCCCCCCCC(=O)NC(COC1OC(CO)C(O)C(O)C1O)C(O)/C=C/CCCCCCCCCCCCCCCCCCCCCCCCCCCCCCCCC. The topological polar surface area (TPSA) is 149 Å². The standard InChI is InChI=1S/C72H131NO8/c1-3-5-7-9-11-13-15-17-19-21-23-25-27-29-30-31-32-33-34-35-36-38-39-41-43-45-47-49-51-53-55-57-59-61-66(75)65(64-80-72-71(79)70(78)69(77)67(63-74)81-72)73-68(76)62-60-58-56-54-52-50-48-46-44-42-40-37-28-26-24-22-20-18-16-14-12-10-8-6-4-2/h6,8,12,14,18,20,24,26,37,40,59,61,65-67,69-72,74-75,77-79H,3-5,7,9-11,13,15-17,19,21-23,25,27-36,38-39,41-58,60,62-64H2,1-2H3,(H,73,76)/b8-6-,14-12-,20-18-,26-24-,40-37-,61-59+. The molecule has 1 rings (SSSR count). The molecular weight excluding hydrogens is 1010 g/mol. The Bertz CT molecular complexity index is 1510. The fraction of sp³-hybridized carbons (Fsp3) is 0.819. The molecule has 7 unspecified atom stereocenters. The molecule has 0 radical (unpaired) electrons. The minimum atomic E-state index is -1.57. The fourth-order valence-corrected chi connectivity index (χ4v) is 10.9. The van der Waals surface area contributed by atoms with Crippen molar-refractivity contribution >= 4 is 5.91 Å².